The molecule has 3 N–H and O–H groups in total. The molecule has 0 heterocycles. The summed E-state index contributed by atoms with van der Waals surface area (Å²) in [5, 5.41) is 0. The molecule has 0 radical (unpaired) electrons. The summed E-state index contributed by atoms with van der Waals surface area (Å²) >= 11 is 0. The molecule has 0 saturated heterocycles. The lowest BCUT2D eigenvalue weighted by molar-refractivity contribution is 0.404. The Balaban J connectivity index is 0.00000220. The van der Waals surface area contributed by atoms with Gasteiger partial charge >= 0.3 is 0 Å². The van der Waals surface area contributed by atoms with Crippen LogP contribution in [0.2, 0.25) is 0 Å². The Morgan fingerprint density at radius 1 is 1.38 bits per heavy atom. The van der Waals surface area contributed by atoms with Crippen LogP contribution in [0, 0.1) is 18.7 Å². The smallest absolute Gasteiger partial charge is 0.244 e. The highest BCUT2D eigenvalue weighted by molar-refractivity contribution is 7.89. The molecule has 1 fully saturated rings. The van der Waals surface area contributed by atoms with Gasteiger partial charge in [-0.2, -0.15) is 0 Å². The molecule has 1 saturated carbocycles. The van der Waals surface area contributed by atoms with E-state index in [1.807, 2.05) is 0 Å². The van der Waals surface area contributed by atoms with Gasteiger partial charge in [-0.25, -0.2) is 17.5 Å². The van der Waals surface area contributed by atoms with E-state index in [2.05, 4.69) is 4.72 Å². The van der Waals surface area contributed by atoms with E-state index in [1.165, 1.54) is 6.07 Å². The Morgan fingerprint density at radius 3 is 2.52 bits per heavy atom. The minimum Gasteiger partial charge on any atom is -0.329 e. The standard InChI is InChI=1S/C14H21FN2O2S.ClH/c1-10-5-4-8-12(15)14(10)20(18,19)17-13(9-16)11-6-2-3-7-11;/h4-5,8,11,13,17H,2-3,6-7,9,16H2,1H3;1H. The average Bonchev–Trinajstić information content (AvgIpc) is 2.89. The van der Waals surface area contributed by atoms with Crippen LogP contribution in [0.1, 0.15) is 31.2 Å². The van der Waals surface area contributed by atoms with Gasteiger partial charge in [-0.05, 0) is 37.3 Å². The Labute approximate surface area is 131 Å². The van der Waals surface area contributed by atoms with Crippen LogP contribution in [-0.2, 0) is 10.0 Å². The quantitative estimate of drug-likeness (QED) is 0.867. The van der Waals surface area contributed by atoms with Crippen molar-refractivity contribution in [3.8, 4) is 0 Å². The summed E-state index contributed by atoms with van der Waals surface area (Å²) in [6, 6.07) is 3.93. The predicted octanol–water partition coefficient (Wildman–Crippen LogP) is 2.35. The lowest BCUT2D eigenvalue weighted by Gasteiger charge is -2.23. The molecule has 1 aromatic rings. The van der Waals surface area contributed by atoms with E-state index < -0.39 is 15.8 Å². The van der Waals surface area contributed by atoms with Crippen molar-refractivity contribution in [2.24, 2.45) is 11.7 Å². The van der Waals surface area contributed by atoms with Crippen LogP contribution in [0.25, 0.3) is 0 Å². The molecule has 4 nitrogen and oxygen atoms in total. The van der Waals surface area contributed by atoms with Crippen molar-refractivity contribution in [2.75, 3.05) is 6.54 Å². The number of hydrogen-bond donors (Lipinski definition) is 2. The van der Waals surface area contributed by atoms with E-state index in [-0.39, 0.29) is 35.8 Å². The van der Waals surface area contributed by atoms with Crippen molar-refractivity contribution in [3.63, 3.8) is 0 Å². The second-order valence-corrected chi connectivity index (χ2v) is 7.04. The molecule has 21 heavy (non-hydrogen) atoms. The van der Waals surface area contributed by atoms with Crippen molar-refractivity contribution in [3.05, 3.63) is 29.6 Å². The molecular weight excluding hydrogens is 315 g/mol. The van der Waals surface area contributed by atoms with E-state index in [9.17, 15) is 12.8 Å². The summed E-state index contributed by atoms with van der Waals surface area (Å²) in [6.07, 6.45) is 4.14. The van der Waals surface area contributed by atoms with E-state index in [4.69, 9.17) is 5.73 Å². The van der Waals surface area contributed by atoms with Gasteiger partial charge in [0.2, 0.25) is 10.0 Å². The fourth-order valence-electron chi connectivity index (χ4n) is 2.91. The molecule has 0 spiro atoms. The molecular formula is C14H22ClFN2O2S. The number of nitrogens with two attached hydrogens (primary N) is 1. The minimum atomic E-state index is -3.88. The first kappa shape index (κ1) is 18.4. The van der Waals surface area contributed by atoms with Crippen LogP contribution >= 0.6 is 12.4 Å². The van der Waals surface area contributed by atoms with Crippen LogP contribution < -0.4 is 10.5 Å². The number of hydrogen-bond acceptors (Lipinski definition) is 3. The van der Waals surface area contributed by atoms with Crippen molar-refractivity contribution >= 4 is 22.4 Å². The average molecular weight is 337 g/mol. The van der Waals surface area contributed by atoms with Gasteiger partial charge in [-0.15, -0.1) is 12.4 Å². The Morgan fingerprint density at radius 2 is 2.00 bits per heavy atom. The molecule has 1 aromatic carbocycles. The molecule has 1 aliphatic rings. The summed E-state index contributed by atoms with van der Waals surface area (Å²) in [4.78, 5) is -0.267. The zero-order chi connectivity index (χ0) is 14.8. The lowest BCUT2D eigenvalue weighted by Crippen LogP contribution is -2.44. The monoisotopic (exact) mass is 336 g/mol. The summed E-state index contributed by atoms with van der Waals surface area (Å²) in [5.74, 6) is -0.471. The molecule has 7 heteroatoms. The number of nitrogens with one attached hydrogen (secondary N) is 1. The maximum absolute atomic E-state index is 13.8. The van der Waals surface area contributed by atoms with Crippen molar-refractivity contribution < 1.29 is 12.8 Å². The van der Waals surface area contributed by atoms with Gasteiger partial charge < -0.3 is 5.73 Å². The van der Waals surface area contributed by atoms with Crippen LogP contribution in [-0.4, -0.2) is 21.0 Å². The molecule has 0 bridgehead atoms. The predicted molar refractivity (Wildman–Crippen MR) is 83.5 cm³/mol. The third-order valence-electron chi connectivity index (χ3n) is 3.96. The summed E-state index contributed by atoms with van der Waals surface area (Å²) in [5.41, 5.74) is 6.10. The first-order chi connectivity index (χ1) is 9.45. The van der Waals surface area contributed by atoms with Crippen LogP contribution in [0.4, 0.5) is 4.39 Å². The van der Waals surface area contributed by atoms with Gasteiger partial charge in [0.15, 0.2) is 0 Å². The fourth-order valence-corrected chi connectivity index (χ4v) is 4.53. The minimum absolute atomic E-state index is 0. The van der Waals surface area contributed by atoms with Gasteiger partial charge in [-0.3, -0.25) is 0 Å². The van der Waals surface area contributed by atoms with Crippen LogP contribution in [0.3, 0.4) is 0 Å². The first-order valence-electron chi connectivity index (χ1n) is 6.93. The lowest BCUT2D eigenvalue weighted by atomic mass is 9.99. The Bertz CT molecular complexity index is 554. The molecule has 120 valence electrons. The van der Waals surface area contributed by atoms with Crippen LogP contribution in [0.15, 0.2) is 23.1 Å². The maximum atomic E-state index is 13.8. The summed E-state index contributed by atoms with van der Waals surface area (Å²) in [7, 11) is -3.88. The topological polar surface area (TPSA) is 72.2 Å². The van der Waals surface area contributed by atoms with Gasteiger partial charge in [0, 0.05) is 12.6 Å². The molecule has 0 aliphatic heterocycles. The second kappa shape index (κ2) is 7.54. The maximum Gasteiger partial charge on any atom is 0.244 e. The Kier molecular flexibility index (Phi) is 6.59. The van der Waals surface area contributed by atoms with Crippen molar-refractivity contribution in [2.45, 2.75) is 43.5 Å². The number of halogens is 2. The van der Waals surface area contributed by atoms with Gasteiger partial charge in [0.1, 0.15) is 10.7 Å². The largest absolute Gasteiger partial charge is 0.329 e. The van der Waals surface area contributed by atoms with Crippen LogP contribution in [0.5, 0.6) is 0 Å². The molecule has 0 amide bonds. The van der Waals surface area contributed by atoms with Crippen molar-refractivity contribution in [1.29, 1.82) is 0 Å². The molecule has 1 aliphatic carbocycles. The molecule has 1 atom stereocenters. The van der Waals surface area contributed by atoms with E-state index in [0.29, 0.717) is 5.56 Å². The zero-order valence-corrected chi connectivity index (χ0v) is 13.6. The normalized spacial score (nSPS) is 17.5. The third kappa shape index (κ3) is 4.16. The fraction of sp³-hybridized carbons (Fsp3) is 0.571. The Hall–Kier alpha value is -0.690. The highest BCUT2D eigenvalue weighted by atomic mass is 35.5. The highest BCUT2D eigenvalue weighted by Crippen LogP contribution is 2.28. The second-order valence-electron chi connectivity index (χ2n) is 5.39. The van der Waals surface area contributed by atoms with E-state index >= 15 is 0 Å². The molecule has 1 unspecified atom stereocenters. The van der Waals surface area contributed by atoms with Gasteiger partial charge in [0.05, 0.1) is 0 Å². The SMILES string of the molecule is Cc1cccc(F)c1S(=O)(=O)NC(CN)C1CCCC1.Cl. The first-order valence-corrected chi connectivity index (χ1v) is 8.41. The third-order valence-corrected chi connectivity index (χ3v) is 5.63. The number of rotatable bonds is 5. The zero-order valence-electron chi connectivity index (χ0n) is 12.0. The number of benzene rings is 1. The summed E-state index contributed by atoms with van der Waals surface area (Å²) < 4.78 is 41.2. The molecule has 0 aromatic heterocycles. The summed E-state index contributed by atoms with van der Waals surface area (Å²) in [6.45, 7) is 1.82. The molecule has 2 rings (SSSR count). The van der Waals surface area contributed by atoms with Gasteiger partial charge in [0.25, 0.3) is 0 Å². The highest BCUT2D eigenvalue weighted by Gasteiger charge is 2.30. The number of sulfonamides is 1. The van der Waals surface area contributed by atoms with E-state index in [0.717, 1.165) is 31.7 Å². The number of aryl methyl sites for hydroxylation is 1. The van der Waals surface area contributed by atoms with E-state index in [1.54, 1.807) is 13.0 Å². The van der Waals surface area contributed by atoms with Crippen molar-refractivity contribution in [1.82, 2.24) is 4.72 Å². The van der Waals surface area contributed by atoms with Gasteiger partial charge in [-0.1, -0.05) is 25.0 Å².